The molecule has 3 N–H and O–H groups in total. The van der Waals surface area contributed by atoms with Gasteiger partial charge in [0.2, 0.25) is 11.8 Å². The smallest absolute Gasteiger partial charge is 0.238 e. The number of ketones is 4. The number of carbonyl (C=O) groups is 6. The molecule has 0 radical (unpaired) electrons. The van der Waals surface area contributed by atoms with Crippen LogP contribution in [0.4, 0.5) is 11.4 Å². The third-order valence-corrected chi connectivity index (χ3v) is 11.6. The number of fused-ring (bicyclic) bond motifs is 4. The fraction of sp³-hybridized carbons (Fsp3) is 0.208. The molecule has 0 atom stereocenters. The Kier molecular flexibility index (Phi) is 12.8. The predicted octanol–water partition coefficient (Wildman–Crippen LogP) is 9.59. The van der Waals surface area contributed by atoms with Crippen LogP contribution in [0.1, 0.15) is 120 Å². The second-order valence-electron chi connectivity index (χ2n) is 15.8. The summed E-state index contributed by atoms with van der Waals surface area (Å²) in [7, 11) is 0. The molecule has 0 unspecified atom stereocenters. The number of anilines is 2. The van der Waals surface area contributed by atoms with E-state index in [1.807, 2.05) is 36.4 Å². The van der Waals surface area contributed by atoms with E-state index in [4.69, 9.17) is 0 Å². The van der Waals surface area contributed by atoms with Crippen molar-refractivity contribution < 1.29 is 28.8 Å². The molecule has 310 valence electrons. The fourth-order valence-electron chi connectivity index (χ4n) is 8.55. The summed E-state index contributed by atoms with van der Waals surface area (Å²) in [5, 5.41) is 8.96. The fourth-order valence-corrected chi connectivity index (χ4v) is 8.55. The van der Waals surface area contributed by atoms with Gasteiger partial charge < -0.3 is 16.0 Å². The number of rotatable bonds is 17. The first-order chi connectivity index (χ1) is 30.3. The molecule has 9 heteroatoms. The zero-order valence-corrected chi connectivity index (χ0v) is 34.4. The molecular weight excluding hydrogens is 775 g/mol. The maximum Gasteiger partial charge on any atom is 0.238 e. The van der Waals surface area contributed by atoms with Crippen LogP contribution in [-0.4, -0.2) is 48.0 Å². The lowest BCUT2D eigenvalue weighted by Gasteiger charge is -2.26. The molecule has 0 aromatic heterocycles. The molecule has 0 heterocycles. The second-order valence-corrected chi connectivity index (χ2v) is 15.8. The molecule has 62 heavy (non-hydrogen) atoms. The summed E-state index contributed by atoms with van der Waals surface area (Å²) in [6.07, 6.45) is 7.49. The number of hydrogen-bond acceptors (Lipinski definition) is 7. The number of hydrogen-bond donors (Lipinski definition) is 3. The average Bonchev–Trinajstić information content (AvgIpc) is 3.30. The second kappa shape index (κ2) is 19.1. The van der Waals surface area contributed by atoms with Crippen LogP contribution >= 0.6 is 0 Å². The zero-order valence-electron chi connectivity index (χ0n) is 34.4. The summed E-state index contributed by atoms with van der Waals surface area (Å²) >= 11 is 0. The quantitative estimate of drug-likeness (QED) is 0.0778. The molecule has 0 spiro atoms. The van der Waals surface area contributed by atoms with Crippen molar-refractivity contribution in [3.8, 4) is 11.1 Å². The largest absolute Gasteiger partial charge is 0.325 e. The van der Waals surface area contributed by atoms with Gasteiger partial charge in [-0.05, 0) is 79.5 Å². The van der Waals surface area contributed by atoms with Crippen molar-refractivity contribution in [2.75, 3.05) is 23.7 Å². The van der Waals surface area contributed by atoms with Crippen LogP contribution in [0.3, 0.4) is 0 Å². The molecule has 8 rings (SSSR count). The molecule has 6 aromatic rings. The third-order valence-electron chi connectivity index (χ3n) is 11.6. The van der Waals surface area contributed by atoms with Gasteiger partial charge in [0.15, 0.2) is 23.1 Å². The van der Waals surface area contributed by atoms with Crippen LogP contribution in [0.2, 0.25) is 0 Å². The highest BCUT2D eigenvalue weighted by Crippen LogP contribution is 2.43. The molecule has 0 saturated carbocycles. The first-order valence-corrected chi connectivity index (χ1v) is 21.4. The van der Waals surface area contributed by atoms with Crippen LogP contribution in [0, 0.1) is 0 Å². The van der Waals surface area contributed by atoms with E-state index in [1.165, 1.54) is 11.1 Å². The molecule has 0 aliphatic heterocycles. The van der Waals surface area contributed by atoms with Crippen LogP contribution < -0.4 is 16.0 Å². The van der Waals surface area contributed by atoms with Crippen molar-refractivity contribution in [3.63, 3.8) is 0 Å². The monoisotopic (exact) mass is 821 g/mol. The minimum absolute atomic E-state index is 0.00675. The van der Waals surface area contributed by atoms with E-state index in [9.17, 15) is 28.8 Å². The van der Waals surface area contributed by atoms with Crippen molar-refractivity contribution in [1.82, 2.24) is 5.32 Å². The molecule has 2 aliphatic rings. The van der Waals surface area contributed by atoms with Gasteiger partial charge in [0.25, 0.3) is 0 Å². The van der Waals surface area contributed by atoms with Crippen molar-refractivity contribution in [3.05, 3.63) is 189 Å². The van der Waals surface area contributed by atoms with Crippen LogP contribution in [0.5, 0.6) is 0 Å². The summed E-state index contributed by atoms with van der Waals surface area (Å²) in [4.78, 5) is 84.5. The maximum atomic E-state index is 14.5. The maximum absolute atomic E-state index is 14.5. The highest BCUT2D eigenvalue weighted by molar-refractivity contribution is 6.35. The first kappa shape index (κ1) is 41.6. The highest BCUT2D eigenvalue weighted by atomic mass is 16.2. The SMILES string of the molecule is O=C(CCCCCCc1ccccc1)Nc1ccc(-c2ccc(NC(=O)CNCCCCc3ccccc3)c3c2C(=O)c2ccccc2C3=O)c2c1C(=O)c1ccccc1C2=O. The van der Waals surface area contributed by atoms with Gasteiger partial charge in [-0.15, -0.1) is 0 Å². The van der Waals surface area contributed by atoms with E-state index < -0.39 is 23.1 Å². The molecule has 2 aliphatic carbocycles. The van der Waals surface area contributed by atoms with E-state index in [0.717, 1.165) is 44.9 Å². The van der Waals surface area contributed by atoms with Gasteiger partial charge in [-0.25, -0.2) is 0 Å². The molecule has 0 fully saturated rings. The van der Waals surface area contributed by atoms with Crippen molar-refractivity contribution >= 4 is 46.3 Å². The Bertz CT molecular complexity index is 2520. The van der Waals surface area contributed by atoms with Crippen molar-refractivity contribution in [2.45, 2.75) is 57.8 Å². The number of amides is 2. The Morgan fingerprint density at radius 2 is 0.774 bits per heavy atom. The number of nitrogens with one attached hydrogen (secondary N) is 3. The molecule has 2 amide bonds. The Morgan fingerprint density at radius 3 is 1.26 bits per heavy atom. The van der Waals surface area contributed by atoms with E-state index in [2.05, 4.69) is 40.2 Å². The van der Waals surface area contributed by atoms with Crippen molar-refractivity contribution in [2.24, 2.45) is 0 Å². The minimum atomic E-state index is -0.456. The van der Waals surface area contributed by atoms with Gasteiger partial charge in [0.05, 0.1) is 29.0 Å². The van der Waals surface area contributed by atoms with Crippen molar-refractivity contribution in [1.29, 1.82) is 0 Å². The summed E-state index contributed by atoms with van der Waals surface area (Å²) in [6, 6.07) is 39.9. The van der Waals surface area contributed by atoms with Gasteiger partial charge in [-0.1, -0.05) is 134 Å². The number of carbonyl (C=O) groups excluding carboxylic acids is 6. The average molecular weight is 822 g/mol. The number of aryl methyl sites for hydroxylation is 2. The Balaban J connectivity index is 1.07. The molecule has 0 saturated heterocycles. The van der Waals surface area contributed by atoms with E-state index in [0.29, 0.717) is 13.0 Å². The predicted molar refractivity (Wildman–Crippen MR) is 241 cm³/mol. The Morgan fingerprint density at radius 1 is 0.371 bits per heavy atom. The number of benzene rings is 6. The summed E-state index contributed by atoms with van der Waals surface area (Å²) in [5.74, 6) is -2.46. The standard InChI is InChI=1S/C53H47N3O6/c57-44(27-10-2-1-5-17-34-18-6-3-7-19-34)55-42-30-28-36(46-48(42)52(61)40-25-13-11-23-38(40)50(46)59)37-29-31-43(49-47(37)51(60)39-24-12-14-26-41(39)53(49)62)56-45(58)33-54-32-16-15-22-35-20-8-4-9-21-35/h3-4,6-9,11-14,18-21,23-26,28-31,54H,1-2,5,10,15-17,22,27,32-33H2,(H,55,57)(H,56,58). The number of unbranched alkanes of at least 4 members (excludes halogenated alkanes) is 4. The van der Waals surface area contributed by atoms with Gasteiger partial charge in [0, 0.05) is 39.8 Å². The lowest BCUT2D eigenvalue weighted by Crippen LogP contribution is -2.31. The van der Waals surface area contributed by atoms with Crippen LogP contribution in [0.25, 0.3) is 11.1 Å². The summed E-state index contributed by atoms with van der Waals surface area (Å²) in [6.45, 7) is 0.611. The minimum Gasteiger partial charge on any atom is -0.325 e. The summed E-state index contributed by atoms with van der Waals surface area (Å²) < 4.78 is 0. The molecule has 6 aromatic carbocycles. The normalized spacial score (nSPS) is 12.6. The topological polar surface area (TPSA) is 139 Å². The van der Waals surface area contributed by atoms with E-state index >= 15 is 0 Å². The van der Waals surface area contributed by atoms with E-state index in [1.54, 1.807) is 72.8 Å². The lowest BCUT2D eigenvalue weighted by molar-refractivity contribution is -0.116. The third kappa shape index (κ3) is 8.85. The summed E-state index contributed by atoms with van der Waals surface area (Å²) in [5.41, 5.74) is 4.30. The van der Waals surface area contributed by atoms with Gasteiger partial charge in [0.1, 0.15) is 0 Å². The van der Waals surface area contributed by atoms with Gasteiger partial charge in [-0.2, -0.15) is 0 Å². The zero-order chi connectivity index (χ0) is 43.0. The van der Waals surface area contributed by atoms with Gasteiger partial charge >= 0.3 is 0 Å². The van der Waals surface area contributed by atoms with Crippen LogP contribution in [0.15, 0.2) is 133 Å². The highest BCUT2D eigenvalue weighted by Gasteiger charge is 2.38. The van der Waals surface area contributed by atoms with E-state index in [-0.39, 0.29) is 91.8 Å². The lowest BCUT2D eigenvalue weighted by atomic mass is 9.75. The molecule has 9 nitrogen and oxygen atoms in total. The molecular formula is C53H47N3O6. The molecule has 0 bridgehead atoms. The van der Waals surface area contributed by atoms with Gasteiger partial charge in [-0.3, -0.25) is 28.8 Å². The first-order valence-electron chi connectivity index (χ1n) is 21.4. The van der Waals surface area contributed by atoms with Crippen LogP contribution in [-0.2, 0) is 22.4 Å². The Labute approximate surface area is 361 Å². The Hall–Kier alpha value is -7.10.